The van der Waals surface area contributed by atoms with E-state index in [2.05, 4.69) is 37.2 Å². The molecular formula is C18H21Br2NO2. The minimum atomic E-state index is 0.104. The summed E-state index contributed by atoms with van der Waals surface area (Å²) < 4.78 is 13.6. The number of hydrogen-bond donors (Lipinski definition) is 1. The third-order valence-electron chi connectivity index (χ3n) is 3.10. The number of benzene rings is 2. The van der Waals surface area contributed by atoms with E-state index in [1.165, 1.54) is 0 Å². The summed E-state index contributed by atoms with van der Waals surface area (Å²) in [4.78, 5) is 0. The Labute approximate surface area is 154 Å². The van der Waals surface area contributed by atoms with Crippen LogP contribution in [-0.4, -0.2) is 12.7 Å². The number of hydrogen-bond acceptors (Lipinski definition) is 3. The van der Waals surface area contributed by atoms with E-state index in [0.717, 1.165) is 31.7 Å². The fourth-order valence-corrected chi connectivity index (χ4v) is 2.82. The van der Waals surface area contributed by atoms with Gasteiger partial charge in [-0.3, -0.25) is 0 Å². The van der Waals surface area contributed by atoms with Crippen molar-refractivity contribution in [2.75, 3.05) is 11.9 Å². The summed E-state index contributed by atoms with van der Waals surface area (Å²) >= 11 is 7.07. The zero-order chi connectivity index (χ0) is 16.8. The van der Waals surface area contributed by atoms with Crippen molar-refractivity contribution in [3.63, 3.8) is 0 Å². The van der Waals surface area contributed by atoms with Gasteiger partial charge in [-0.05, 0) is 62.7 Å². The highest BCUT2D eigenvalue weighted by molar-refractivity contribution is 9.10. The Bertz CT molecular complexity index is 642. The molecular weight excluding hydrogens is 422 g/mol. The van der Waals surface area contributed by atoms with E-state index in [4.69, 9.17) is 9.47 Å². The Morgan fingerprint density at radius 2 is 1.74 bits per heavy atom. The molecule has 5 heteroatoms. The lowest BCUT2D eigenvalue weighted by Gasteiger charge is -2.17. The van der Waals surface area contributed by atoms with E-state index < -0.39 is 0 Å². The smallest absolute Gasteiger partial charge is 0.162 e. The molecule has 1 N–H and O–H groups in total. The van der Waals surface area contributed by atoms with Crippen molar-refractivity contribution >= 4 is 37.5 Å². The lowest BCUT2D eigenvalue weighted by molar-refractivity contribution is 0.223. The first kappa shape index (κ1) is 18.1. The summed E-state index contributed by atoms with van der Waals surface area (Å²) in [6.45, 7) is 7.29. The Kier molecular flexibility index (Phi) is 6.78. The number of rotatable bonds is 7. The largest absolute Gasteiger partial charge is 0.490 e. The molecule has 2 aromatic rings. The van der Waals surface area contributed by atoms with Crippen LogP contribution in [0, 0.1) is 0 Å². The Balaban J connectivity index is 2.17. The second-order valence-electron chi connectivity index (χ2n) is 5.35. The summed E-state index contributed by atoms with van der Waals surface area (Å²) in [5, 5.41) is 3.41. The molecule has 0 atom stereocenters. The molecule has 0 aliphatic rings. The van der Waals surface area contributed by atoms with E-state index >= 15 is 0 Å². The third kappa shape index (κ3) is 5.43. The lowest BCUT2D eigenvalue weighted by Crippen LogP contribution is -2.08. The van der Waals surface area contributed by atoms with Crippen molar-refractivity contribution in [2.45, 2.75) is 33.4 Å². The first-order valence-corrected chi connectivity index (χ1v) is 9.19. The lowest BCUT2D eigenvalue weighted by atomic mass is 10.2. The molecule has 0 aliphatic heterocycles. The SMILES string of the molecule is CCOc1cc(CNc2ccc(Br)cc2)c(Br)cc1OC(C)C. The predicted octanol–water partition coefficient (Wildman–Crippen LogP) is 6.01. The van der Waals surface area contributed by atoms with Gasteiger partial charge in [0, 0.05) is 21.2 Å². The van der Waals surface area contributed by atoms with Crippen LogP contribution < -0.4 is 14.8 Å². The standard InChI is InChI=1S/C18H21Br2NO2/c1-4-22-17-9-13(16(20)10-18(17)23-12(2)3)11-21-15-7-5-14(19)6-8-15/h5-10,12,21H,4,11H2,1-3H3. The maximum Gasteiger partial charge on any atom is 0.162 e. The molecule has 0 bridgehead atoms. The average molecular weight is 443 g/mol. The fraction of sp³-hybridized carbons (Fsp3) is 0.333. The Morgan fingerprint density at radius 3 is 2.35 bits per heavy atom. The van der Waals surface area contributed by atoms with E-state index in [9.17, 15) is 0 Å². The normalized spacial score (nSPS) is 10.7. The van der Waals surface area contributed by atoms with Crippen molar-refractivity contribution in [1.29, 1.82) is 0 Å². The van der Waals surface area contributed by atoms with Crippen LogP contribution in [-0.2, 0) is 6.54 Å². The molecule has 0 aliphatic carbocycles. The molecule has 3 nitrogen and oxygen atoms in total. The van der Waals surface area contributed by atoms with E-state index in [1.54, 1.807) is 0 Å². The van der Waals surface area contributed by atoms with Crippen LogP contribution in [0.1, 0.15) is 26.3 Å². The molecule has 23 heavy (non-hydrogen) atoms. The monoisotopic (exact) mass is 441 g/mol. The van der Waals surface area contributed by atoms with Gasteiger partial charge in [-0.2, -0.15) is 0 Å². The molecule has 0 unspecified atom stereocenters. The summed E-state index contributed by atoms with van der Waals surface area (Å²) in [5.41, 5.74) is 2.19. The highest BCUT2D eigenvalue weighted by Crippen LogP contribution is 2.35. The van der Waals surface area contributed by atoms with Gasteiger partial charge < -0.3 is 14.8 Å². The number of halogens is 2. The summed E-state index contributed by atoms with van der Waals surface area (Å²) in [5.74, 6) is 1.54. The topological polar surface area (TPSA) is 30.5 Å². The molecule has 0 aromatic heterocycles. The van der Waals surface area contributed by atoms with Crippen LogP contribution in [0.4, 0.5) is 5.69 Å². The molecule has 0 radical (unpaired) electrons. The van der Waals surface area contributed by atoms with E-state index in [1.807, 2.05) is 57.2 Å². The maximum absolute atomic E-state index is 5.83. The Morgan fingerprint density at radius 1 is 1.04 bits per heavy atom. The van der Waals surface area contributed by atoms with Gasteiger partial charge in [0.05, 0.1) is 12.7 Å². The summed E-state index contributed by atoms with van der Waals surface area (Å²) in [7, 11) is 0. The first-order valence-electron chi connectivity index (χ1n) is 7.61. The van der Waals surface area contributed by atoms with Crippen molar-refractivity contribution < 1.29 is 9.47 Å². The van der Waals surface area contributed by atoms with Gasteiger partial charge in [0.25, 0.3) is 0 Å². The average Bonchev–Trinajstić information content (AvgIpc) is 2.50. The number of anilines is 1. The number of ether oxygens (including phenoxy) is 2. The molecule has 2 rings (SSSR count). The summed E-state index contributed by atoms with van der Waals surface area (Å²) in [6, 6.07) is 12.1. The van der Waals surface area contributed by atoms with Gasteiger partial charge in [0.2, 0.25) is 0 Å². The minimum absolute atomic E-state index is 0.104. The quantitative estimate of drug-likeness (QED) is 0.569. The van der Waals surface area contributed by atoms with Crippen LogP contribution in [0.25, 0.3) is 0 Å². The van der Waals surface area contributed by atoms with Gasteiger partial charge in [-0.15, -0.1) is 0 Å². The van der Waals surface area contributed by atoms with Gasteiger partial charge in [-0.25, -0.2) is 0 Å². The van der Waals surface area contributed by atoms with Crippen molar-refractivity contribution in [3.05, 3.63) is 50.9 Å². The molecule has 0 heterocycles. The molecule has 124 valence electrons. The highest BCUT2D eigenvalue weighted by Gasteiger charge is 2.12. The molecule has 0 amide bonds. The van der Waals surface area contributed by atoms with Crippen LogP contribution in [0.2, 0.25) is 0 Å². The van der Waals surface area contributed by atoms with Gasteiger partial charge in [0.15, 0.2) is 11.5 Å². The predicted molar refractivity (Wildman–Crippen MR) is 103 cm³/mol. The molecule has 0 saturated carbocycles. The second-order valence-corrected chi connectivity index (χ2v) is 7.12. The van der Waals surface area contributed by atoms with Crippen LogP contribution >= 0.6 is 31.9 Å². The molecule has 2 aromatic carbocycles. The molecule has 0 fully saturated rings. The van der Waals surface area contributed by atoms with Crippen molar-refractivity contribution in [1.82, 2.24) is 0 Å². The van der Waals surface area contributed by atoms with E-state index in [0.29, 0.717) is 13.2 Å². The van der Waals surface area contributed by atoms with Crippen LogP contribution in [0.15, 0.2) is 45.3 Å². The molecule has 0 spiro atoms. The first-order chi connectivity index (χ1) is 11.0. The van der Waals surface area contributed by atoms with Crippen molar-refractivity contribution in [2.24, 2.45) is 0 Å². The maximum atomic E-state index is 5.83. The van der Waals surface area contributed by atoms with Gasteiger partial charge >= 0.3 is 0 Å². The second kappa shape index (κ2) is 8.60. The highest BCUT2D eigenvalue weighted by atomic mass is 79.9. The molecule has 0 saturated heterocycles. The zero-order valence-corrected chi connectivity index (χ0v) is 16.7. The summed E-state index contributed by atoms with van der Waals surface area (Å²) in [6.07, 6.45) is 0.104. The fourth-order valence-electron chi connectivity index (χ4n) is 2.09. The van der Waals surface area contributed by atoms with Crippen LogP contribution in [0.5, 0.6) is 11.5 Å². The van der Waals surface area contributed by atoms with E-state index in [-0.39, 0.29) is 6.10 Å². The van der Waals surface area contributed by atoms with Crippen molar-refractivity contribution in [3.8, 4) is 11.5 Å². The number of nitrogens with one attached hydrogen (secondary N) is 1. The van der Waals surface area contributed by atoms with Crippen LogP contribution in [0.3, 0.4) is 0 Å². The third-order valence-corrected chi connectivity index (χ3v) is 4.37. The Hall–Kier alpha value is -1.20. The minimum Gasteiger partial charge on any atom is -0.490 e. The van der Waals surface area contributed by atoms with Gasteiger partial charge in [0.1, 0.15) is 0 Å². The van der Waals surface area contributed by atoms with Gasteiger partial charge in [-0.1, -0.05) is 31.9 Å². The zero-order valence-electron chi connectivity index (χ0n) is 13.5.